The lowest BCUT2D eigenvalue weighted by atomic mass is 10.1. The van der Waals surface area contributed by atoms with Crippen LogP contribution in [-0.4, -0.2) is 24.8 Å². The first-order valence-corrected chi connectivity index (χ1v) is 6.71. The Morgan fingerprint density at radius 2 is 2.19 bits per heavy atom. The van der Waals surface area contributed by atoms with Crippen molar-refractivity contribution in [2.24, 2.45) is 0 Å². The topological polar surface area (TPSA) is 71.7 Å². The molecule has 1 unspecified atom stereocenters. The van der Waals surface area contributed by atoms with Crippen molar-refractivity contribution < 1.29 is 19.1 Å². The molecule has 0 aliphatic rings. The predicted molar refractivity (Wildman–Crippen MR) is 78.3 cm³/mol. The smallest absolute Gasteiger partial charge is 0.335 e. The molecule has 0 aliphatic carbocycles. The standard InChI is InChI=1S/C16H19NO4/c1-11-6-7-15(21-11)14(10-20-2)17-9-12-4-3-5-13(8-12)16(18)19/h3-8,14,17H,9-10H2,1-2H3,(H,18,19). The Bertz CT molecular complexity index is 606. The van der Waals surface area contributed by atoms with Gasteiger partial charge in [-0.3, -0.25) is 0 Å². The van der Waals surface area contributed by atoms with Gasteiger partial charge >= 0.3 is 5.97 Å². The highest BCUT2D eigenvalue weighted by molar-refractivity contribution is 5.87. The number of hydrogen-bond donors (Lipinski definition) is 2. The third kappa shape index (κ3) is 4.18. The number of aromatic carboxylic acids is 1. The van der Waals surface area contributed by atoms with Crippen LogP contribution in [0.3, 0.4) is 0 Å². The van der Waals surface area contributed by atoms with Crippen LogP contribution in [0.4, 0.5) is 0 Å². The van der Waals surface area contributed by atoms with Gasteiger partial charge in [0.2, 0.25) is 0 Å². The lowest BCUT2D eigenvalue weighted by Crippen LogP contribution is -2.24. The summed E-state index contributed by atoms with van der Waals surface area (Å²) >= 11 is 0. The monoisotopic (exact) mass is 289 g/mol. The maximum atomic E-state index is 11.0. The molecule has 112 valence electrons. The molecule has 0 amide bonds. The van der Waals surface area contributed by atoms with Crippen LogP contribution in [-0.2, 0) is 11.3 Å². The van der Waals surface area contributed by atoms with E-state index in [1.807, 2.05) is 25.1 Å². The highest BCUT2D eigenvalue weighted by Crippen LogP contribution is 2.17. The first kappa shape index (κ1) is 15.3. The van der Waals surface area contributed by atoms with Crippen molar-refractivity contribution in [3.63, 3.8) is 0 Å². The zero-order chi connectivity index (χ0) is 15.2. The van der Waals surface area contributed by atoms with E-state index in [1.54, 1.807) is 25.3 Å². The lowest BCUT2D eigenvalue weighted by Gasteiger charge is -2.16. The largest absolute Gasteiger partial charge is 0.478 e. The average molecular weight is 289 g/mol. The number of benzene rings is 1. The highest BCUT2D eigenvalue weighted by Gasteiger charge is 2.14. The summed E-state index contributed by atoms with van der Waals surface area (Å²) in [5.74, 6) is 0.733. The van der Waals surface area contributed by atoms with Crippen molar-refractivity contribution in [1.82, 2.24) is 5.32 Å². The van der Waals surface area contributed by atoms with Crippen LogP contribution in [0.15, 0.2) is 40.8 Å². The summed E-state index contributed by atoms with van der Waals surface area (Å²) in [6.45, 7) is 2.91. The third-order valence-corrected chi connectivity index (χ3v) is 3.16. The number of nitrogens with one attached hydrogen (secondary N) is 1. The van der Waals surface area contributed by atoms with Gasteiger partial charge < -0.3 is 19.6 Å². The van der Waals surface area contributed by atoms with Gasteiger partial charge in [0.15, 0.2) is 0 Å². The van der Waals surface area contributed by atoms with Gasteiger partial charge in [0.05, 0.1) is 18.2 Å². The van der Waals surface area contributed by atoms with Crippen molar-refractivity contribution >= 4 is 5.97 Å². The van der Waals surface area contributed by atoms with Crippen LogP contribution in [0.2, 0.25) is 0 Å². The summed E-state index contributed by atoms with van der Waals surface area (Å²) in [5.41, 5.74) is 1.19. The fraction of sp³-hybridized carbons (Fsp3) is 0.312. The predicted octanol–water partition coefficient (Wildman–Crippen LogP) is 2.76. The molecule has 1 aromatic heterocycles. The molecule has 0 aliphatic heterocycles. The Labute approximate surface area is 123 Å². The molecule has 0 fully saturated rings. The van der Waals surface area contributed by atoms with Gasteiger partial charge in [-0.25, -0.2) is 4.79 Å². The van der Waals surface area contributed by atoms with Gasteiger partial charge in [0, 0.05) is 13.7 Å². The van der Waals surface area contributed by atoms with Crippen molar-refractivity contribution in [3.8, 4) is 0 Å². The molecular weight excluding hydrogens is 270 g/mol. The molecule has 0 radical (unpaired) electrons. The number of carboxylic acid groups (broad SMARTS) is 1. The van der Waals surface area contributed by atoms with Crippen molar-refractivity contribution in [3.05, 3.63) is 59.0 Å². The number of aryl methyl sites for hydroxylation is 1. The van der Waals surface area contributed by atoms with Gasteiger partial charge in [0.25, 0.3) is 0 Å². The van der Waals surface area contributed by atoms with Crippen molar-refractivity contribution in [2.45, 2.75) is 19.5 Å². The van der Waals surface area contributed by atoms with Crippen LogP contribution in [0.25, 0.3) is 0 Å². The number of rotatable bonds is 7. The third-order valence-electron chi connectivity index (χ3n) is 3.16. The van der Waals surface area contributed by atoms with E-state index in [9.17, 15) is 4.79 Å². The van der Waals surface area contributed by atoms with E-state index in [2.05, 4.69) is 5.32 Å². The fourth-order valence-electron chi connectivity index (χ4n) is 2.10. The van der Waals surface area contributed by atoms with E-state index in [4.69, 9.17) is 14.3 Å². The first-order chi connectivity index (χ1) is 10.1. The van der Waals surface area contributed by atoms with E-state index in [0.717, 1.165) is 17.1 Å². The number of ether oxygens (including phenoxy) is 1. The summed E-state index contributed by atoms with van der Waals surface area (Å²) < 4.78 is 10.8. The number of carbonyl (C=O) groups is 1. The minimum atomic E-state index is -0.924. The molecule has 1 atom stereocenters. The molecule has 0 saturated carbocycles. The zero-order valence-corrected chi connectivity index (χ0v) is 12.1. The molecule has 2 N–H and O–H groups in total. The highest BCUT2D eigenvalue weighted by atomic mass is 16.5. The first-order valence-electron chi connectivity index (χ1n) is 6.71. The molecular formula is C16H19NO4. The lowest BCUT2D eigenvalue weighted by molar-refractivity contribution is 0.0696. The van der Waals surface area contributed by atoms with Crippen LogP contribution in [0, 0.1) is 6.92 Å². The Morgan fingerprint density at radius 3 is 2.81 bits per heavy atom. The second-order valence-electron chi connectivity index (χ2n) is 4.84. The summed E-state index contributed by atoms with van der Waals surface area (Å²) in [7, 11) is 1.63. The van der Waals surface area contributed by atoms with Gasteiger partial charge in [-0.15, -0.1) is 0 Å². The fourth-order valence-corrected chi connectivity index (χ4v) is 2.10. The minimum absolute atomic E-state index is 0.0721. The number of hydrogen-bond acceptors (Lipinski definition) is 4. The molecule has 1 heterocycles. The van der Waals surface area contributed by atoms with Gasteiger partial charge in [-0.1, -0.05) is 12.1 Å². The zero-order valence-electron chi connectivity index (χ0n) is 12.1. The van der Waals surface area contributed by atoms with Crippen LogP contribution in [0.1, 0.15) is 33.5 Å². The van der Waals surface area contributed by atoms with E-state index < -0.39 is 5.97 Å². The van der Waals surface area contributed by atoms with Gasteiger partial charge in [-0.2, -0.15) is 0 Å². The average Bonchev–Trinajstić information content (AvgIpc) is 2.90. The molecule has 0 bridgehead atoms. The van der Waals surface area contributed by atoms with E-state index in [-0.39, 0.29) is 11.6 Å². The molecule has 5 heteroatoms. The molecule has 2 aromatic rings. The maximum Gasteiger partial charge on any atom is 0.335 e. The summed E-state index contributed by atoms with van der Waals surface area (Å²) in [4.78, 5) is 11.0. The SMILES string of the molecule is COCC(NCc1cccc(C(=O)O)c1)c1ccc(C)o1. The van der Waals surface area contributed by atoms with Crippen LogP contribution < -0.4 is 5.32 Å². The number of methoxy groups -OCH3 is 1. The van der Waals surface area contributed by atoms with Crippen molar-refractivity contribution in [1.29, 1.82) is 0 Å². The Balaban J connectivity index is 2.05. The summed E-state index contributed by atoms with van der Waals surface area (Å²) in [6.07, 6.45) is 0. The summed E-state index contributed by atoms with van der Waals surface area (Å²) in [6, 6.07) is 10.6. The molecule has 0 spiro atoms. The van der Waals surface area contributed by atoms with Crippen LogP contribution in [0.5, 0.6) is 0 Å². The van der Waals surface area contributed by atoms with Gasteiger partial charge in [0.1, 0.15) is 11.5 Å². The Hall–Kier alpha value is -2.11. The maximum absolute atomic E-state index is 11.0. The molecule has 2 rings (SSSR count). The molecule has 0 saturated heterocycles. The number of furan rings is 1. The van der Waals surface area contributed by atoms with E-state index >= 15 is 0 Å². The summed E-state index contributed by atoms with van der Waals surface area (Å²) in [5, 5.41) is 12.3. The Morgan fingerprint density at radius 1 is 1.38 bits per heavy atom. The quantitative estimate of drug-likeness (QED) is 0.820. The second-order valence-corrected chi connectivity index (χ2v) is 4.84. The van der Waals surface area contributed by atoms with E-state index in [0.29, 0.717) is 13.2 Å². The second kappa shape index (κ2) is 7.06. The molecule has 21 heavy (non-hydrogen) atoms. The minimum Gasteiger partial charge on any atom is -0.478 e. The normalized spacial score (nSPS) is 12.3. The van der Waals surface area contributed by atoms with Crippen LogP contribution >= 0.6 is 0 Å². The molecule has 5 nitrogen and oxygen atoms in total. The number of carboxylic acids is 1. The van der Waals surface area contributed by atoms with Crippen molar-refractivity contribution in [2.75, 3.05) is 13.7 Å². The Kier molecular flexibility index (Phi) is 5.14. The van der Waals surface area contributed by atoms with E-state index in [1.165, 1.54) is 0 Å². The van der Waals surface area contributed by atoms with Gasteiger partial charge in [-0.05, 0) is 36.8 Å². The molecule has 1 aromatic carbocycles.